The van der Waals surface area contributed by atoms with Crippen molar-refractivity contribution in [1.29, 1.82) is 0 Å². The number of nitrogens with zero attached hydrogens (tertiary/aromatic N) is 1. The van der Waals surface area contributed by atoms with Crippen LogP contribution >= 0.6 is 0 Å². The van der Waals surface area contributed by atoms with E-state index in [0.717, 1.165) is 49.9 Å². The van der Waals surface area contributed by atoms with Gasteiger partial charge in [-0.25, -0.2) is 0 Å². The zero-order valence-corrected chi connectivity index (χ0v) is 15.6. The Morgan fingerprint density at radius 2 is 1.75 bits per heavy atom. The first kappa shape index (κ1) is 20.7. The standard InChI is InChI=1S/C20H34N2O2/c1-17(2)8-6-10-19(15-23)11-7-9-18(3)14-20(24)21-16-22-12-4-5-13-22/h8,11,14,23H,4-7,9-10,12-13,15-16H2,1-3H3,(H,21,24). The molecule has 0 aliphatic carbocycles. The summed E-state index contributed by atoms with van der Waals surface area (Å²) in [4.78, 5) is 14.2. The Labute approximate surface area is 147 Å². The van der Waals surface area contributed by atoms with Gasteiger partial charge < -0.3 is 10.4 Å². The van der Waals surface area contributed by atoms with E-state index in [1.165, 1.54) is 18.4 Å². The van der Waals surface area contributed by atoms with Gasteiger partial charge in [-0.05, 0) is 78.0 Å². The van der Waals surface area contributed by atoms with Gasteiger partial charge in [-0.15, -0.1) is 0 Å². The monoisotopic (exact) mass is 334 g/mol. The van der Waals surface area contributed by atoms with Gasteiger partial charge >= 0.3 is 0 Å². The highest BCUT2D eigenvalue weighted by atomic mass is 16.3. The number of carbonyl (C=O) groups excluding carboxylic acids is 1. The molecule has 0 saturated carbocycles. The van der Waals surface area contributed by atoms with Crippen LogP contribution in [0.3, 0.4) is 0 Å². The Morgan fingerprint density at radius 1 is 1.08 bits per heavy atom. The zero-order chi connectivity index (χ0) is 17.8. The third-order valence-electron chi connectivity index (χ3n) is 4.25. The van der Waals surface area contributed by atoms with Crippen molar-refractivity contribution in [1.82, 2.24) is 10.2 Å². The van der Waals surface area contributed by atoms with Crippen molar-refractivity contribution >= 4 is 5.91 Å². The lowest BCUT2D eigenvalue weighted by Gasteiger charge is -2.14. The molecule has 24 heavy (non-hydrogen) atoms. The first-order chi connectivity index (χ1) is 11.5. The highest BCUT2D eigenvalue weighted by molar-refractivity contribution is 5.88. The molecule has 136 valence electrons. The van der Waals surface area contributed by atoms with E-state index >= 15 is 0 Å². The van der Waals surface area contributed by atoms with E-state index in [1.54, 1.807) is 6.08 Å². The molecular formula is C20H34N2O2. The minimum atomic E-state index is -0.00526. The van der Waals surface area contributed by atoms with Crippen LogP contribution in [0.1, 0.15) is 59.3 Å². The second-order valence-electron chi connectivity index (χ2n) is 6.89. The first-order valence-electron chi connectivity index (χ1n) is 9.10. The van der Waals surface area contributed by atoms with Crippen LogP contribution in [-0.2, 0) is 4.79 Å². The van der Waals surface area contributed by atoms with Crippen molar-refractivity contribution in [2.75, 3.05) is 26.4 Å². The van der Waals surface area contributed by atoms with Crippen molar-refractivity contribution in [3.63, 3.8) is 0 Å². The molecule has 0 aromatic rings. The molecule has 1 aliphatic heterocycles. The molecule has 1 rings (SSSR count). The van der Waals surface area contributed by atoms with Gasteiger partial charge in [0.2, 0.25) is 5.91 Å². The maximum Gasteiger partial charge on any atom is 0.244 e. The summed E-state index contributed by atoms with van der Waals surface area (Å²) in [5, 5.41) is 12.4. The largest absolute Gasteiger partial charge is 0.392 e. The molecule has 0 atom stereocenters. The molecule has 2 N–H and O–H groups in total. The van der Waals surface area contributed by atoms with E-state index in [4.69, 9.17) is 0 Å². The lowest BCUT2D eigenvalue weighted by atomic mass is 10.1. The molecule has 0 aromatic heterocycles. The Balaban J connectivity index is 2.28. The van der Waals surface area contributed by atoms with Gasteiger partial charge in [-0.1, -0.05) is 23.3 Å². The maximum atomic E-state index is 11.9. The van der Waals surface area contributed by atoms with Gasteiger partial charge in [0.1, 0.15) is 0 Å². The molecule has 1 heterocycles. The third kappa shape index (κ3) is 9.68. The number of aliphatic hydroxyl groups is 1. The highest BCUT2D eigenvalue weighted by Crippen LogP contribution is 2.11. The van der Waals surface area contributed by atoms with E-state index in [2.05, 4.69) is 36.2 Å². The van der Waals surface area contributed by atoms with Crippen molar-refractivity contribution in [3.8, 4) is 0 Å². The van der Waals surface area contributed by atoms with Gasteiger partial charge in [-0.2, -0.15) is 0 Å². The van der Waals surface area contributed by atoms with Crippen LogP contribution in [0.4, 0.5) is 0 Å². The summed E-state index contributed by atoms with van der Waals surface area (Å²) in [6.45, 7) is 9.12. The van der Waals surface area contributed by atoms with Gasteiger partial charge in [0.25, 0.3) is 0 Å². The molecule has 4 heteroatoms. The van der Waals surface area contributed by atoms with Crippen LogP contribution in [0.2, 0.25) is 0 Å². The van der Waals surface area contributed by atoms with Crippen LogP contribution in [0.15, 0.2) is 34.9 Å². The molecule has 1 saturated heterocycles. The summed E-state index contributed by atoms with van der Waals surface area (Å²) in [7, 11) is 0. The Morgan fingerprint density at radius 3 is 2.38 bits per heavy atom. The molecular weight excluding hydrogens is 300 g/mol. The van der Waals surface area contributed by atoms with Gasteiger partial charge in [-0.3, -0.25) is 9.69 Å². The van der Waals surface area contributed by atoms with Crippen molar-refractivity contribution in [2.45, 2.75) is 59.3 Å². The summed E-state index contributed by atoms with van der Waals surface area (Å²) in [6, 6.07) is 0. The SMILES string of the molecule is CC(C)=CCCC(=CCCC(C)=CC(=O)NCN1CCCC1)CO. The number of rotatable bonds is 10. The minimum Gasteiger partial charge on any atom is -0.392 e. The Hall–Kier alpha value is -1.39. The van der Waals surface area contributed by atoms with Crippen molar-refractivity contribution < 1.29 is 9.90 Å². The minimum absolute atomic E-state index is 0.00526. The molecule has 0 unspecified atom stereocenters. The predicted molar refractivity (Wildman–Crippen MR) is 101 cm³/mol. The van der Waals surface area contributed by atoms with E-state index in [-0.39, 0.29) is 12.5 Å². The predicted octanol–water partition coefficient (Wildman–Crippen LogP) is 3.55. The number of aliphatic hydroxyl groups excluding tert-OH is 1. The second-order valence-corrected chi connectivity index (χ2v) is 6.89. The lowest BCUT2D eigenvalue weighted by molar-refractivity contribution is -0.117. The van der Waals surface area contributed by atoms with Crippen LogP contribution in [-0.4, -0.2) is 42.3 Å². The molecule has 1 aliphatic rings. The van der Waals surface area contributed by atoms with E-state index in [0.29, 0.717) is 6.67 Å². The summed E-state index contributed by atoms with van der Waals surface area (Å²) >= 11 is 0. The number of allylic oxidation sites excluding steroid dienone is 4. The summed E-state index contributed by atoms with van der Waals surface area (Å²) in [5.41, 5.74) is 3.47. The molecule has 0 radical (unpaired) electrons. The average molecular weight is 335 g/mol. The molecule has 1 amide bonds. The van der Waals surface area contributed by atoms with Crippen LogP contribution < -0.4 is 5.32 Å². The summed E-state index contributed by atoms with van der Waals surface area (Å²) < 4.78 is 0. The van der Waals surface area contributed by atoms with E-state index < -0.39 is 0 Å². The smallest absolute Gasteiger partial charge is 0.244 e. The fourth-order valence-electron chi connectivity index (χ4n) is 2.77. The molecule has 4 nitrogen and oxygen atoms in total. The van der Waals surface area contributed by atoms with Crippen LogP contribution in [0, 0.1) is 0 Å². The first-order valence-corrected chi connectivity index (χ1v) is 9.10. The third-order valence-corrected chi connectivity index (χ3v) is 4.25. The Bertz CT molecular complexity index is 468. The highest BCUT2D eigenvalue weighted by Gasteiger charge is 2.11. The number of hydrogen-bond donors (Lipinski definition) is 2. The zero-order valence-electron chi connectivity index (χ0n) is 15.6. The average Bonchev–Trinajstić information content (AvgIpc) is 3.04. The quantitative estimate of drug-likeness (QED) is 0.474. The number of carbonyl (C=O) groups is 1. The Kier molecular flexibility index (Phi) is 10.4. The van der Waals surface area contributed by atoms with Gasteiger partial charge in [0.15, 0.2) is 0 Å². The van der Waals surface area contributed by atoms with Crippen molar-refractivity contribution in [2.24, 2.45) is 0 Å². The topological polar surface area (TPSA) is 52.6 Å². The molecule has 0 aromatic carbocycles. The normalized spacial score (nSPS) is 16.3. The van der Waals surface area contributed by atoms with E-state index in [9.17, 15) is 9.90 Å². The fourth-order valence-corrected chi connectivity index (χ4v) is 2.77. The van der Waals surface area contributed by atoms with Crippen LogP contribution in [0.25, 0.3) is 0 Å². The van der Waals surface area contributed by atoms with Gasteiger partial charge in [0, 0.05) is 6.08 Å². The summed E-state index contributed by atoms with van der Waals surface area (Å²) in [5.74, 6) is -0.00526. The van der Waals surface area contributed by atoms with Gasteiger partial charge in [0.05, 0.1) is 13.3 Å². The number of amides is 1. The molecule has 1 fully saturated rings. The summed E-state index contributed by atoms with van der Waals surface area (Å²) in [6.07, 6.45) is 12.1. The maximum absolute atomic E-state index is 11.9. The van der Waals surface area contributed by atoms with Crippen LogP contribution in [0.5, 0.6) is 0 Å². The number of nitrogens with one attached hydrogen (secondary N) is 1. The molecule has 0 spiro atoms. The number of hydrogen-bond acceptors (Lipinski definition) is 3. The van der Waals surface area contributed by atoms with Crippen molar-refractivity contribution in [3.05, 3.63) is 34.9 Å². The second kappa shape index (κ2) is 12.0. The molecule has 0 bridgehead atoms. The number of likely N-dealkylation sites (tertiary alicyclic amines) is 1. The lowest BCUT2D eigenvalue weighted by Crippen LogP contribution is -2.35. The van der Waals surface area contributed by atoms with E-state index in [1.807, 2.05) is 6.92 Å². The fraction of sp³-hybridized carbons (Fsp3) is 0.650.